The Bertz CT molecular complexity index is 356. The predicted molar refractivity (Wildman–Crippen MR) is 73.8 cm³/mol. The van der Waals surface area contributed by atoms with Gasteiger partial charge in [0.15, 0.2) is 0 Å². The molecule has 2 nitrogen and oxygen atoms in total. The predicted octanol–water partition coefficient (Wildman–Crippen LogP) is 3.43. The molecule has 100 valence electrons. The Morgan fingerprint density at radius 3 is 2.67 bits per heavy atom. The van der Waals surface area contributed by atoms with Gasteiger partial charge in [-0.1, -0.05) is 43.9 Å². The fourth-order valence-electron chi connectivity index (χ4n) is 3.12. The molecule has 0 bridgehead atoms. The van der Waals surface area contributed by atoms with Crippen LogP contribution < -0.4 is 4.74 Å². The number of hydrogen-bond acceptors (Lipinski definition) is 2. The van der Waals surface area contributed by atoms with Crippen LogP contribution >= 0.6 is 0 Å². The molecule has 1 aromatic carbocycles. The van der Waals surface area contributed by atoms with Crippen LogP contribution in [0.2, 0.25) is 0 Å². The molecule has 0 aliphatic heterocycles. The Morgan fingerprint density at radius 2 is 2.00 bits per heavy atom. The second-order valence-corrected chi connectivity index (χ2v) is 5.45. The topological polar surface area (TPSA) is 29.5 Å². The van der Waals surface area contributed by atoms with Gasteiger partial charge < -0.3 is 9.84 Å². The van der Waals surface area contributed by atoms with Gasteiger partial charge in [0.25, 0.3) is 0 Å². The van der Waals surface area contributed by atoms with E-state index in [0.717, 1.165) is 24.5 Å². The van der Waals surface area contributed by atoms with Gasteiger partial charge in [-0.3, -0.25) is 0 Å². The first-order valence-electron chi connectivity index (χ1n) is 7.06. The number of rotatable bonds is 6. The first kappa shape index (κ1) is 13.4. The highest BCUT2D eigenvalue weighted by atomic mass is 16.5. The highest BCUT2D eigenvalue weighted by Gasteiger charge is 2.20. The molecule has 1 aliphatic carbocycles. The maximum Gasteiger partial charge on any atom is 0.122 e. The molecule has 1 fully saturated rings. The van der Waals surface area contributed by atoms with Gasteiger partial charge >= 0.3 is 0 Å². The summed E-state index contributed by atoms with van der Waals surface area (Å²) in [4.78, 5) is 0. The zero-order chi connectivity index (χ0) is 12.8. The Kier molecular flexibility index (Phi) is 5.06. The summed E-state index contributed by atoms with van der Waals surface area (Å²) < 4.78 is 5.38. The van der Waals surface area contributed by atoms with E-state index < -0.39 is 0 Å². The fraction of sp³-hybridized carbons (Fsp3) is 0.625. The largest absolute Gasteiger partial charge is 0.496 e. The van der Waals surface area contributed by atoms with Crippen LogP contribution in [0.3, 0.4) is 0 Å². The minimum atomic E-state index is 0.286. The summed E-state index contributed by atoms with van der Waals surface area (Å²) in [5.41, 5.74) is 1.22. The lowest BCUT2D eigenvalue weighted by molar-refractivity contribution is 0.199. The summed E-state index contributed by atoms with van der Waals surface area (Å²) in [5.74, 6) is 2.16. The van der Waals surface area contributed by atoms with E-state index in [9.17, 15) is 5.11 Å². The lowest BCUT2D eigenvalue weighted by Crippen LogP contribution is -2.14. The summed E-state index contributed by atoms with van der Waals surface area (Å²) in [6, 6.07) is 8.14. The minimum Gasteiger partial charge on any atom is -0.496 e. The maximum atomic E-state index is 9.57. The maximum absolute atomic E-state index is 9.57. The Balaban J connectivity index is 1.96. The summed E-state index contributed by atoms with van der Waals surface area (Å²) in [6.07, 6.45) is 7.53. The van der Waals surface area contributed by atoms with Crippen LogP contribution in [-0.4, -0.2) is 18.8 Å². The monoisotopic (exact) mass is 248 g/mol. The van der Waals surface area contributed by atoms with Crippen molar-refractivity contribution in [2.24, 2.45) is 11.8 Å². The summed E-state index contributed by atoms with van der Waals surface area (Å²) >= 11 is 0. The van der Waals surface area contributed by atoms with Gasteiger partial charge in [0.2, 0.25) is 0 Å². The molecule has 0 heterocycles. The van der Waals surface area contributed by atoms with Gasteiger partial charge in [-0.15, -0.1) is 0 Å². The summed E-state index contributed by atoms with van der Waals surface area (Å²) in [6.45, 7) is 0.286. The SMILES string of the molecule is COc1ccccc1CC(CO)CC1CCCC1. The van der Waals surface area contributed by atoms with Gasteiger partial charge in [-0.2, -0.15) is 0 Å². The van der Waals surface area contributed by atoms with Crippen molar-refractivity contribution in [1.29, 1.82) is 0 Å². The molecule has 1 saturated carbocycles. The van der Waals surface area contributed by atoms with Crippen molar-refractivity contribution in [3.8, 4) is 5.75 Å². The molecule has 1 aliphatic rings. The van der Waals surface area contributed by atoms with Crippen molar-refractivity contribution in [3.05, 3.63) is 29.8 Å². The van der Waals surface area contributed by atoms with E-state index >= 15 is 0 Å². The van der Waals surface area contributed by atoms with E-state index in [1.54, 1.807) is 7.11 Å². The van der Waals surface area contributed by atoms with E-state index in [1.807, 2.05) is 18.2 Å². The molecular formula is C16H24O2. The fourth-order valence-corrected chi connectivity index (χ4v) is 3.12. The molecular weight excluding hydrogens is 224 g/mol. The van der Waals surface area contributed by atoms with Crippen LogP contribution in [0.1, 0.15) is 37.7 Å². The van der Waals surface area contributed by atoms with Crippen molar-refractivity contribution in [2.75, 3.05) is 13.7 Å². The van der Waals surface area contributed by atoms with E-state index in [1.165, 1.54) is 31.2 Å². The highest BCUT2D eigenvalue weighted by molar-refractivity contribution is 5.33. The Morgan fingerprint density at radius 1 is 1.28 bits per heavy atom. The molecule has 2 heteroatoms. The molecule has 1 N–H and O–H groups in total. The summed E-state index contributed by atoms with van der Waals surface area (Å²) in [7, 11) is 1.71. The Hall–Kier alpha value is -1.02. The van der Waals surface area contributed by atoms with E-state index in [2.05, 4.69) is 6.07 Å². The van der Waals surface area contributed by atoms with Crippen molar-refractivity contribution >= 4 is 0 Å². The zero-order valence-corrected chi connectivity index (χ0v) is 11.3. The lowest BCUT2D eigenvalue weighted by atomic mass is 9.89. The molecule has 1 atom stereocenters. The van der Waals surface area contributed by atoms with Crippen LogP contribution in [-0.2, 0) is 6.42 Å². The van der Waals surface area contributed by atoms with Gasteiger partial charge in [0.1, 0.15) is 5.75 Å². The van der Waals surface area contributed by atoms with Gasteiger partial charge in [0, 0.05) is 6.61 Å². The Labute approximate surface area is 110 Å². The van der Waals surface area contributed by atoms with E-state index in [0.29, 0.717) is 5.92 Å². The number of aliphatic hydroxyl groups is 1. The third-order valence-electron chi connectivity index (χ3n) is 4.10. The number of aliphatic hydroxyl groups excluding tert-OH is 1. The summed E-state index contributed by atoms with van der Waals surface area (Å²) in [5, 5.41) is 9.57. The van der Waals surface area contributed by atoms with Gasteiger partial charge in [-0.05, 0) is 36.3 Å². The standard InChI is InChI=1S/C16H24O2/c1-18-16-9-5-4-8-15(16)11-14(12-17)10-13-6-2-3-7-13/h4-5,8-9,13-14,17H,2-3,6-7,10-12H2,1H3. The zero-order valence-electron chi connectivity index (χ0n) is 11.3. The lowest BCUT2D eigenvalue weighted by Gasteiger charge is -2.19. The van der Waals surface area contributed by atoms with Crippen molar-refractivity contribution in [3.63, 3.8) is 0 Å². The van der Waals surface area contributed by atoms with Crippen LogP contribution in [0.25, 0.3) is 0 Å². The number of para-hydroxylation sites is 1. The normalized spacial score (nSPS) is 17.9. The number of benzene rings is 1. The number of methoxy groups -OCH3 is 1. The second-order valence-electron chi connectivity index (χ2n) is 5.45. The van der Waals surface area contributed by atoms with Crippen LogP contribution in [0, 0.1) is 11.8 Å². The average Bonchev–Trinajstić information content (AvgIpc) is 2.91. The molecule has 0 radical (unpaired) electrons. The van der Waals surface area contributed by atoms with Crippen molar-refractivity contribution in [1.82, 2.24) is 0 Å². The number of hydrogen-bond donors (Lipinski definition) is 1. The van der Waals surface area contributed by atoms with Gasteiger partial charge in [0.05, 0.1) is 7.11 Å². The molecule has 1 aromatic rings. The smallest absolute Gasteiger partial charge is 0.122 e. The van der Waals surface area contributed by atoms with E-state index in [4.69, 9.17) is 4.74 Å². The number of ether oxygens (including phenoxy) is 1. The minimum absolute atomic E-state index is 0.286. The quantitative estimate of drug-likeness (QED) is 0.835. The third kappa shape index (κ3) is 3.49. The molecule has 2 rings (SSSR count). The van der Waals surface area contributed by atoms with Crippen LogP contribution in [0.5, 0.6) is 5.75 Å². The van der Waals surface area contributed by atoms with Crippen LogP contribution in [0.4, 0.5) is 0 Å². The molecule has 0 spiro atoms. The highest BCUT2D eigenvalue weighted by Crippen LogP contribution is 2.32. The van der Waals surface area contributed by atoms with Crippen molar-refractivity contribution < 1.29 is 9.84 Å². The average molecular weight is 248 g/mol. The first-order chi connectivity index (χ1) is 8.83. The van der Waals surface area contributed by atoms with Crippen molar-refractivity contribution in [2.45, 2.75) is 38.5 Å². The molecule has 18 heavy (non-hydrogen) atoms. The van der Waals surface area contributed by atoms with Gasteiger partial charge in [-0.25, -0.2) is 0 Å². The second kappa shape index (κ2) is 6.79. The first-order valence-corrected chi connectivity index (χ1v) is 7.06. The molecule has 1 unspecified atom stereocenters. The third-order valence-corrected chi connectivity index (χ3v) is 4.10. The van der Waals surface area contributed by atoms with Crippen LogP contribution in [0.15, 0.2) is 24.3 Å². The molecule has 0 aromatic heterocycles. The molecule has 0 saturated heterocycles. The van der Waals surface area contributed by atoms with E-state index in [-0.39, 0.29) is 6.61 Å². The molecule has 0 amide bonds.